The number of benzene rings is 3. The minimum atomic E-state index is -0.265. The number of aromatic nitrogens is 4. The van der Waals surface area contributed by atoms with Crippen LogP contribution in [-0.4, -0.2) is 26.1 Å². The van der Waals surface area contributed by atoms with E-state index in [2.05, 4.69) is 37.6 Å². The van der Waals surface area contributed by atoms with Gasteiger partial charge in [0.25, 0.3) is 0 Å². The Balaban J connectivity index is 1.38. The summed E-state index contributed by atoms with van der Waals surface area (Å²) in [6.07, 6.45) is 3.90. The summed E-state index contributed by atoms with van der Waals surface area (Å²) in [7, 11) is 0. The molecule has 3 heterocycles. The highest BCUT2D eigenvalue weighted by molar-refractivity contribution is 6.02. The maximum Gasteiger partial charge on any atom is 0.224 e. The van der Waals surface area contributed by atoms with Crippen LogP contribution in [-0.2, 0) is 4.79 Å². The van der Waals surface area contributed by atoms with Crippen molar-refractivity contribution in [1.82, 2.24) is 20.2 Å². The van der Waals surface area contributed by atoms with Gasteiger partial charge in [0, 0.05) is 34.5 Å². The maximum absolute atomic E-state index is 13.9. The molecule has 3 N–H and O–H groups in total. The number of fused-ring (bicyclic) bond motifs is 2. The van der Waals surface area contributed by atoms with Gasteiger partial charge in [0.2, 0.25) is 5.91 Å². The zero-order valence-corrected chi connectivity index (χ0v) is 21.0. The van der Waals surface area contributed by atoms with Crippen molar-refractivity contribution in [3.63, 3.8) is 0 Å². The van der Waals surface area contributed by atoms with E-state index in [-0.39, 0.29) is 17.6 Å². The van der Waals surface area contributed by atoms with Gasteiger partial charge < -0.3 is 10.3 Å². The molecule has 6 rings (SSSR count). The lowest BCUT2D eigenvalue weighted by Gasteiger charge is -2.09. The summed E-state index contributed by atoms with van der Waals surface area (Å²) in [5.74, 6) is -0.00952. The van der Waals surface area contributed by atoms with Gasteiger partial charge in [0.05, 0.1) is 23.1 Å². The number of hydrogen-bond donors (Lipinski definition) is 3. The number of aromatic amines is 2. The normalized spacial score (nSPS) is 11.5. The molecule has 0 saturated heterocycles. The number of amides is 1. The molecule has 38 heavy (non-hydrogen) atoms. The molecular formula is C31H26FN5O. The van der Waals surface area contributed by atoms with E-state index in [1.165, 1.54) is 6.07 Å². The number of nitrogens with zero attached hydrogens (tertiary/aromatic N) is 2. The Hall–Kier alpha value is -4.78. The second-order valence-corrected chi connectivity index (χ2v) is 9.90. The Morgan fingerprint density at radius 2 is 1.76 bits per heavy atom. The molecule has 3 aromatic heterocycles. The molecule has 0 aliphatic rings. The van der Waals surface area contributed by atoms with E-state index in [9.17, 15) is 9.18 Å². The van der Waals surface area contributed by atoms with Gasteiger partial charge in [-0.25, -0.2) is 4.39 Å². The molecule has 0 atom stereocenters. The van der Waals surface area contributed by atoms with Crippen molar-refractivity contribution in [2.24, 2.45) is 5.92 Å². The largest absolute Gasteiger partial charge is 0.353 e. The van der Waals surface area contributed by atoms with Crippen molar-refractivity contribution < 1.29 is 9.18 Å². The van der Waals surface area contributed by atoms with Crippen LogP contribution in [0.3, 0.4) is 0 Å². The van der Waals surface area contributed by atoms with Gasteiger partial charge in [0.1, 0.15) is 11.5 Å². The topological polar surface area (TPSA) is 86.5 Å². The number of rotatable bonds is 6. The van der Waals surface area contributed by atoms with Crippen molar-refractivity contribution in [2.45, 2.75) is 20.3 Å². The zero-order chi connectivity index (χ0) is 26.2. The Kier molecular flexibility index (Phi) is 5.96. The van der Waals surface area contributed by atoms with E-state index in [0.29, 0.717) is 12.1 Å². The number of carbonyl (C=O) groups is 1. The van der Waals surface area contributed by atoms with Crippen LogP contribution in [0.1, 0.15) is 20.3 Å². The summed E-state index contributed by atoms with van der Waals surface area (Å²) in [5, 5.41) is 12.6. The van der Waals surface area contributed by atoms with Crippen molar-refractivity contribution in [3.8, 4) is 33.6 Å². The van der Waals surface area contributed by atoms with Crippen LogP contribution in [0.4, 0.5) is 10.1 Å². The van der Waals surface area contributed by atoms with Crippen LogP contribution in [0.5, 0.6) is 0 Å². The van der Waals surface area contributed by atoms with E-state index >= 15 is 0 Å². The predicted octanol–water partition coefficient (Wildman–Crippen LogP) is 7.56. The fourth-order valence-corrected chi connectivity index (χ4v) is 4.84. The highest BCUT2D eigenvalue weighted by Gasteiger charge is 2.15. The molecule has 6 aromatic rings. The minimum Gasteiger partial charge on any atom is -0.353 e. The zero-order valence-electron chi connectivity index (χ0n) is 21.0. The third-order valence-electron chi connectivity index (χ3n) is 6.57. The molecule has 0 aliphatic heterocycles. The fraction of sp³-hybridized carbons (Fsp3) is 0.129. The molecule has 0 spiro atoms. The van der Waals surface area contributed by atoms with E-state index in [1.807, 2.05) is 56.3 Å². The summed E-state index contributed by atoms with van der Waals surface area (Å²) in [6.45, 7) is 4.03. The van der Waals surface area contributed by atoms with Crippen LogP contribution in [0.2, 0.25) is 0 Å². The first kappa shape index (κ1) is 23.6. The lowest BCUT2D eigenvalue weighted by molar-refractivity contribution is -0.116. The number of H-pyrrole nitrogens is 2. The number of carbonyl (C=O) groups excluding carboxylic acids is 1. The predicted molar refractivity (Wildman–Crippen MR) is 150 cm³/mol. The molecule has 0 bridgehead atoms. The number of pyridine rings is 1. The molecule has 0 aliphatic carbocycles. The first-order valence-corrected chi connectivity index (χ1v) is 12.6. The average molecular weight is 504 g/mol. The highest BCUT2D eigenvalue weighted by Crippen LogP contribution is 2.35. The maximum atomic E-state index is 13.9. The van der Waals surface area contributed by atoms with Gasteiger partial charge in [-0.2, -0.15) is 5.10 Å². The quantitative estimate of drug-likeness (QED) is 0.219. The molecule has 1 amide bonds. The smallest absolute Gasteiger partial charge is 0.224 e. The number of hydrogen-bond acceptors (Lipinski definition) is 3. The van der Waals surface area contributed by atoms with E-state index in [0.717, 1.165) is 55.4 Å². The number of anilines is 1. The highest BCUT2D eigenvalue weighted by atomic mass is 19.1. The molecule has 7 heteroatoms. The Bertz CT molecular complexity index is 1800. The van der Waals surface area contributed by atoms with Crippen LogP contribution < -0.4 is 5.32 Å². The standard InChI is InChI=1S/C31H26FN5O/c1-18(2)11-30(38)34-23-13-21(16-33-17-23)19-9-10-28-26(14-19)31(37-36-28)29-15-25-24(7-4-8-27(25)35-29)20-5-3-6-22(32)12-20/h3-10,12-18,35H,11H2,1-2H3,(H,34,38)(H,36,37). The second kappa shape index (κ2) is 9.59. The van der Waals surface area contributed by atoms with Crippen molar-refractivity contribution in [1.29, 1.82) is 0 Å². The van der Waals surface area contributed by atoms with E-state index in [4.69, 9.17) is 0 Å². The van der Waals surface area contributed by atoms with Crippen molar-refractivity contribution in [3.05, 3.63) is 91.0 Å². The summed E-state index contributed by atoms with van der Waals surface area (Å²) in [6, 6.07) is 22.7. The first-order chi connectivity index (χ1) is 18.4. The summed E-state index contributed by atoms with van der Waals surface area (Å²) < 4.78 is 13.9. The van der Waals surface area contributed by atoms with Crippen LogP contribution in [0, 0.1) is 11.7 Å². The van der Waals surface area contributed by atoms with E-state index < -0.39 is 0 Å². The lowest BCUT2D eigenvalue weighted by atomic mass is 10.0. The molecule has 188 valence electrons. The lowest BCUT2D eigenvalue weighted by Crippen LogP contribution is -2.13. The molecule has 0 unspecified atom stereocenters. The first-order valence-electron chi connectivity index (χ1n) is 12.6. The molecular weight excluding hydrogens is 477 g/mol. The third-order valence-corrected chi connectivity index (χ3v) is 6.57. The summed E-state index contributed by atoms with van der Waals surface area (Å²) in [4.78, 5) is 20.1. The van der Waals surface area contributed by atoms with Crippen LogP contribution in [0.15, 0.2) is 85.2 Å². The minimum absolute atomic E-state index is 0.0251. The number of halogens is 1. The molecule has 0 radical (unpaired) electrons. The Labute approximate surface area is 218 Å². The average Bonchev–Trinajstić information content (AvgIpc) is 3.52. The van der Waals surface area contributed by atoms with Gasteiger partial charge in [-0.3, -0.25) is 14.9 Å². The van der Waals surface area contributed by atoms with E-state index in [1.54, 1.807) is 24.5 Å². The molecule has 3 aromatic carbocycles. The van der Waals surface area contributed by atoms with Crippen molar-refractivity contribution in [2.75, 3.05) is 5.32 Å². The molecule has 6 nitrogen and oxygen atoms in total. The van der Waals surface area contributed by atoms with Gasteiger partial charge in [-0.15, -0.1) is 0 Å². The van der Waals surface area contributed by atoms with Crippen molar-refractivity contribution >= 4 is 33.4 Å². The fourth-order valence-electron chi connectivity index (χ4n) is 4.84. The SMILES string of the molecule is CC(C)CC(=O)Nc1cncc(-c2ccc3[nH]nc(-c4cc5c(-c6cccc(F)c6)cccc5[nH]4)c3c2)c1. The third kappa shape index (κ3) is 4.54. The Morgan fingerprint density at radius 1 is 0.895 bits per heavy atom. The van der Waals surface area contributed by atoms with Gasteiger partial charge >= 0.3 is 0 Å². The van der Waals surface area contributed by atoms with Gasteiger partial charge in [-0.1, -0.05) is 44.2 Å². The molecule has 0 saturated carbocycles. The summed E-state index contributed by atoms with van der Waals surface area (Å²) in [5.41, 5.74) is 7.80. The summed E-state index contributed by atoms with van der Waals surface area (Å²) >= 11 is 0. The Morgan fingerprint density at radius 3 is 2.61 bits per heavy atom. The van der Waals surface area contributed by atoms with Crippen LogP contribution >= 0.6 is 0 Å². The van der Waals surface area contributed by atoms with Crippen LogP contribution in [0.25, 0.3) is 55.4 Å². The second-order valence-electron chi connectivity index (χ2n) is 9.90. The van der Waals surface area contributed by atoms with Gasteiger partial charge in [0.15, 0.2) is 0 Å². The molecule has 0 fully saturated rings. The monoisotopic (exact) mass is 503 g/mol. The van der Waals surface area contributed by atoms with Gasteiger partial charge in [-0.05, 0) is 65.1 Å². The number of nitrogens with one attached hydrogen (secondary N) is 3.